The fraction of sp³-hybridized carbons (Fsp3) is 0.0625. The van der Waals surface area contributed by atoms with Gasteiger partial charge in [0, 0.05) is 11.1 Å². The minimum Gasteiger partial charge on any atom is -0.285 e. The summed E-state index contributed by atoms with van der Waals surface area (Å²) in [7, 11) is 0. The van der Waals surface area contributed by atoms with E-state index in [0.29, 0.717) is 22.6 Å². The van der Waals surface area contributed by atoms with Crippen molar-refractivity contribution in [2.75, 3.05) is 0 Å². The Morgan fingerprint density at radius 3 is 2.17 bits per heavy atom. The Hall–Kier alpha value is -2.96. The molecule has 1 radical (unpaired) electrons. The van der Waals surface area contributed by atoms with Crippen LogP contribution in [0.5, 0.6) is 0 Å². The number of halogens is 3. The number of hydrogen-bond donors (Lipinski definition) is 0. The molecule has 7 heteroatoms. The summed E-state index contributed by atoms with van der Waals surface area (Å²) >= 11 is 0. The number of alkyl halides is 3. The highest BCUT2D eigenvalue weighted by molar-refractivity contribution is 5.76. The summed E-state index contributed by atoms with van der Waals surface area (Å²) in [4.78, 5) is 14.6. The standard InChI is InChI=1S/C16H9F3N3O/c17-16(18,19)13-5-7-14(8-6-13)22-10-20-15(21-22)12-3-1-11(9-23)2-4-12/h1-8,10H. The molecule has 4 nitrogen and oxygen atoms in total. The van der Waals surface area contributed by atoms with Crippen molar-refractivity contribution in [3.05, 3.63) is 66.0 Å². The van der Waals surface area contributed by atoms with Crippen molar-refractivity contribution >= 4 is 6.29 Å². The van der Waals surface area contributed by atoms with Crippen molar-refractivity contribution in [3.63, 3.8) is 0 Å². The number of benzene rings is 2. The zero-order chi connectivity index (χ0) is 16.4. The molecule has 3 aromatic rings. The molecule has 0 amide bonds. The van der Waals surface area contributed by atoms with Crippen molar-refractivity contribution in [2.45, 2.75) is 6.18 Å². The topological polar surface area (TPSA) is 47.8 Å². The Morgan fingerprint density at radius 1 is 0.957 bits per heavy atom. The molecule has 0 fully saturated rings. The van der Waals surface area contributed by atoms with Gasteiger partial charge in [-0.2, -0.15) is 13.2 Å². The highest BCUT2D eigenvalue weighted by Gasteiger charge is 2.30. The van der Waals surface area contributed by atoms with Crippen LogP contribution in [0.4, 0.5) is 13.2 Å². The van der Waals surface area contributed by atoms with E-state index in [1.807, 2.05) is 0 Å². The zero-order valence-corrected chi connectivity index (χ0v) is 11.6. The van der Waals surface area contributed by atoms with Crippen LogP contribution in [-0.2, 0) is 11.0 Å². The quantitative estimate of drug-likeness (QED) is 0.744. The average Bonchev–Trinajstić information content (AvgIpc) is 3.04. The lowest BCUT2D eigenvalue weighted by molar-refractivity contribution is -0.137. The highest BCUT2D eigenvalue weighted by atomic mass is 19.4. The van der Waals surface area contributed by atoms with Crippen LogP contribution in [-0.4, -0.2) is 21.1 Å². The lowest BCUT2D eigenvalue weighted by atomic mass is 10.1. The average molecular weight is 316 g/mol. The van der Waals surface area contributed by atoms with Crippen LogP contribution in [0.25, 0.3) is 17.1 Å². The molecule has 3 rings (SSSR count). The molecule has 1 aromatic heterocycles. The van der Waals surface area contributed by atoms with Crippen LogP contribution in [0, 0.1) is 0 Å². The molecule has 0 spiro atoms. The Morgan fingerprint density at radius 2 is 1.61 bits per heavy atom. The number of aromatic nitrogens is 3. The molecular weight excluding hydrogens is 307 g/mol. The Balaban J connectivity index is 1.87. The largest absolute Gasteiger partial charge is 0.416 e. The molecule has 0 unspecified atom stereocenters. The van der Waals surface area contributed by atoms with Crippen molar-refractivity contribution in [1.29, 1.82) is 0 Å². The second-order valence-corrected chi connectivity index (χ2v) is 4.74. The molecule has 0 saturated carbocycles. The van der Waals surface area contributed by atoms with Crippen molar-refractivity contribution in [3.8, 4) is 17.1 Å². The summed E-state index contributed by atoms with van der Waals surface area (Å²) < 4.78 is 39.0. The molecule has 0 aliphatic carbocycles. The van der Waals surface area contributed by atoms with Crippen molar-refractivity contribution in [2.24, 2.45) is 0 Å². The first-order valence-electron chi connectivity index (χ1n) is 6.55. The van der Waals surface area contributed by atoms with Gasteiger partial charge in [-0.25, -0.2) is 9.67 Å². The molecule has 0 bridgehead atoms. The van der Waals surface area contributed by atoms with Gasteiger partial charge in [-0.15, -0.1) is 5.10 Å². The maximum absolute atomic E-state index is 12.5. The first-order chi connectivity index (χ1) is 11.0. The van der Waals surface area contributed by atoms with Crippen LogP contribution >= 0.6 is 0 Å². The SMILES string of the molecule is O=[C]c1ccc(-c2ncn(-c3ccc(C(F)(F)F)cc3)n2)cc1. The van der Waals surface area contributed by atoms with E-state index in [4.69, 9.17) is 0 Å². The Bertz CT molecular complexity index is 821. The van der Waals surface area contributed by atoms with Gasteiger partial charge in [-0.1, -0.05) is 24.3 Å². The van der Waals surface area contributed by atoms with Crippen LogP contribution < -0.4 is 0 Å². The summed E-state index contributed by atoms with van der Waals surface area (Å²) in [6, 6.07) is 11.1. The summed E-state index contributed by atoms with van der Waals surface area (Å²) in [6.45, 7) is 0. The Kier molecular flexibility index (Phi) is 3.69. The number of rotatable bonds is 3. The second-order valence-electron chi connectivity index (χ2n) is 4.74. The van der Waals surface area contributed by atoms with E-state index in [1.54, 1.807) is 30.6 Å². The number of carbonyl (C=O) groups excluding carboxylic acids is 1. The fourth-order valence-corrected chi connectivity index (χ4v) is 2.01. The monoisotopic (exact) mass is 316 g/mol. The van der Waals surface area contributed by atoms with Gasteiger partial charge in [0.05, 0.1) is 11.3 Å². The van der Waals surface area contributed by atoms with Gasteiger partial charge in [-0.05, 0) is 24.3 Å². The zero-order valence-electron chi connectivity index (χ0n) is 11.6. The fourth-order valence-electron chi connectivity index (χ4n) is 2.01. The molecule has 2 aromatic carbocycles. The molecule has 115 valence electrons. The highest BCUT2D eigenvalue weighted by Crippen LogP contribution is 2.29. The molecule has 1 heterocycles. The van der Waals surface area contributed by atoms with E-state index in [0.717, 1.165) is 12.1 Å². The van der Waals surface area contributed by atoms with Gasteiger partial charge in [0.25, 0.3) is 0 Å². The summed E-state index contributed by atoms with van der Waals surface area (Å²) in [5, 5.41) is 4.22. The van der Waals surface area contributed by atoms with Gasteiger partial charge in [-0.3, -0.25) is 4.79 Å². The van der Waals surface area contributed by atoms with Crippen LogP contribution in [0.2, 0.25) is 0 Å². The van der Waals surface area contributed by atoms with Gasteiger partial charge in [0.15, 0.2) is 5.82 Å². The molecular formula is C16H9F3N3O. The van der Waals surface area contributed by atoms with Gasteiger partial charge < -0.3 is 0 Å². The maximum atomic E-state index is 12.5. The van der Waals surface area contributed by atoms with Gasteiger partial charge >= 0.3 is 6.18 Å². The third kappa shape index (κ3) is 3.13. The van der Waals surface area contributed by atoms with Crippen LogP contribution in [0.3, 0.4) is 0 Å². The smallest absolute Gasteiger partial charge is 0.285 e. The van der Waals surface area contributed by atoms with Crippen LogP contribution in [0.1, 0.15) is 11.1 Å². The predicted octanol–water partition coefficient (Wildman–Crippen LogP) is 3.41. The van der Waals surface area contributed by atoms with E-state index in [-0.39, 0.29) is 0 Å². The first-order valence-corrected chi connectivity index (χ1v) is 6.55. The summed E-state index contributed by atoms with van der Waals surface area (Å²) in [5.41, 5.74) is 0.850. The van der Waals surface area contributed by atoms with E-state index in [9.17, 15) is 18.0 Å². The molecule has 0 atom stereocenters. The third-order valence-electron chi connectivity index (χ3n) is 3.21. The molecule has 0 N–H and O–H groups in total. The molecule has 0 aliphatic rings. The molecule has 23 heavy (non-hydrogen) atoms. The van der Waals surface area contributed by atoms with Crippen molar-refractivity contribution < 1.29 is 18.0 Å². The minimum absolute atomic E-state index is 0.405. The summed E-state index contributed by atoms with van der Waals surface area (Å²) in [6.07, 6.45) is -1.19. The lowest BCUT2D eigenvalue weighted by Gasteiger charge is -2.07. The van der Waals surface area contributed by atoms with E-state index < -0.39 is 11.7 Å². The number of nitrogens with zero attached hydrogens (tertiary/aromatic N) is 3. The molecule has 0 aliphatic heterocycles. The predicted molar refractivity (Wildman–Crippen MR) is 76.6 cm³/mol. The molecule has 0 saturated heterocycles. The lowest BCUT2D eigenvalue weighted by Crippen LogP contribution is -2.05. The van der Waals surface area contributed by atoms with Gasteiger partial charge in [0.1, 0.15) is 6.33 Å². The maximum Gasteiger partial charge on any atom is 0.416 e. The van der Waals surface area contributed by atoms with E-state index >= 15 is 0 Å². The van der Waals surface area contributed by atoms with Crippen molar-refractivity contribution in [1.82, 2.24) is 14.8 Å². The van der Waals surface area contributed by atoms with Gasteiger partial charge in [0.2, 0.25) is 6.29 Å². The normalized spacial score (nSPS) is 11.4. The first kappa shape index (κ1) is 15.0. The third-order valence-corrected chi connectivity index (χ3v) is 3.21. The second kappa shape index (κ2) is 5.68. The summed E-state index contributed by atoms with van der Waals surface area (Å²) in [5.74, 6) is 0.405. The van der Waals surface area contributed by atoms with E-state index in [2.05, 4.69) is 10.1 Å². The Labute approximate surface area is 129 Å². The number of hydrogen-bond acceptors (Lipinski definition) is 3. The van der Waals surface area contributed by atoms with E-state index in [1.165, 1.54) is 23.1 Å². The minimum atomic E-state index is -4.37. The van der Waals surface area contributed by atoms with Crippen LogP contribution in [0.15, 0.2) is 54.9 Å².